The molecule has 2 aromatic carbocycles. The summed E-state index contributed by atoms with van der Waals surface area (Å²) in [5, 5.41) is 11.4. The molecule has 1 N–H and O–H groups in total. The van der Waals surface area contributed by atoms with Gasteiger partial charge in [-0.3, -0.25) is 14.5 Å². The van der Waals surface area contributed by atoms with Crippen molar-refractivity contribution in [2.75, 3.05) is 19.1 Å². The number of ketones is 1. The molecule has 1 unspecified atom stereocenters. The van der Waals surface area contributed by atoms with Crippen molar-refractivity contribution in [3.8, 4) is 11.5 Å². The Morgan fingerprint density at radius 1 is 1.06 bits per heavy atom. The number of Topliss-reactive ketones (excluding diaryl/α,β-unsaturated/α-hetero) is 1. The molecule has 1 aromatic heterocycles. The predicted molar refractivity (Wildman–Crippen MR) is 119 cm³/mol. The van der Waals surface area contributed by atoms with Crippen LogP contribution in [0.1, 0.15) is 23.1 Å². The third kappa shape index (κ3) is 3.77. The summed E-state index contributed by atoms with van der Waals surface area (Å²) in [4.78, 5) is 27.0. The smallest absolute Gasteiger partial charge is 0.300 e. The minimum absolute atomic E-state index is 0.00487. The van der Waals surface area contributed by atoms with Gasteiger partial charge >= 0.3 is 0 Å². The van der Waals surface area contributed by atoms with Gasteiger partial charge in [0.15, 0.2) is 0 Å². The van der Waals surface area contributed by atoms with Crippen LogP contribution in [0.3, 0.4) is 0 Å². The molecule has 3 aromatic rings. The third-order valence-corrected chi connectivity index (χ3v) is 5.67. The molecule has 10 heteroatoms. The summed E-state index contributed by atoms with van der Waals surface area (Å²) in [6.45, 7) is 1.63. The van der Waals surface area contributed by atoms with Crippen molar-refractivity contribution in [2.45, 2.75) is 13.0 Å². The highest BCUT2D eigenvalue weighted by Gasteiger charge is 2.49. The van der Waals surface area contributed by atoms with Gasteiger partial charge in [-0.15, -0.1) is 0 Å². The van der Waals surface area contributed by atoms with Gasteiger partial charge in [-0.25, -0.2) is 8.78 Å². The summed E-state index contributed by atoms with van der Waals surface area (Å²) in [5.74, 6) is -3.96. The fourth-order valence-electron chi connectivity index (χ4n) is 3.81. The van der Waals surface area contributed by atoms with E-state index in [0.717, 1.165) is 23.1 Å². The lowest BCUT2D eigenvalue weighted by molar-refractivity contribution is -0.132. The number of amides is 1. The molecule has 1 aliphatic rings. The van der Waals surface area contributed by atoms with Gasteiger partial charge < -0.3 is 19.0 Å². The minimum atomic E-state index is -1.39. The van der Waals surface area contributed by atoms with Gasteiger partial charge in [0, 0.05) is 12.1 Å². The highest BCUT2D eigenvalue weighted by Crippen LogP contribution is 2.45. The number of halogens is 3. The fraction of sp³-hybridized carbons (Fsp3) is 0.167. The van der Waals surface area contributed by atoms with Gasteiger partial charge in [0.2, 0.25) is 0 Å². The van der Waals surface area contributed by atoms with Gasteiger partial charge in [-0.2, -0.15) is 0 Å². The van der Waals surface area contributed by atoms with Crippen LogP contribution in [-0.4, -0.2) is 31.0 Å². The molecule has 7 nitrogen and oxygen atoms in total. The first-order valence-electron chi connectivity index (χ1n) is 9.92. The van der Waals surface area contributed by atoms with Crippen LogP contribution in [0.25, 0.3) is 5.76 Å². The van der Waals surface area contributed by atoms with E-state index in [9.17, 15) is 23.5 Å². The molecule has 0 spiro atoms. The number of aliphatic hydroxyl groups is 1. The number of carbonyl (C=O) groups excluding carboxylic acids is 2. The summed E-state index contributed by atoms with van der Waals surface area (Å²) < 4.78 is 44.8. The van der Waals surface area contributed by atoms with Crippen LogP contribution in [0.15, 0.2) is 52.5 Å². The summed E-state index contributed by atoms with van der Waals surface area (Å²) in [6.07, 6.45) is 0. The monoisotopic (exact) mass is 489 g/mol. The lowest BCUT2D eigenvalue weighted by atomic mass is 9.98. The average Bonchev–Trinajstić information content (AvgIpc) is 3.35. The largest absolute Gasteiger partial charge is 0.507 e. The van der Waals surface area contributed by atoms with Gasteiger partial charge in [0.25, 0.3) is 11.7 Å². The molecule has 0 bridgehead atoms. The normalized spacial score (nSPS) is 17.4. The van der Waals surface area contributed by atoms with Crippen LogP contribution >= 0.6 is 11.6 Å². The summed E-state index contributed by atoms with van der Waals surface area (Å²) in [7, 11) is 2.68. The van der Waals surface area contributed by atoms with E-state index in [-0.39, 0.29) is 27.8 Å². The van der Waals surface area contributed by atoms with Crippen LogP contribution < -0.4 is 14.4 Å². The lowest BCUT2D eigenvalue weighted by Crippen LogP contribution is -2.30. The number of methoxy groups -OCH3 is 2. The van der Waals surface area contributed by atoms with Crippen molar-refractivity contribution < 1.29 is 37.4 Å². The highest BCUT2D eigenvalue weighted by atomic mass is 35.5. The molecule has 176 valence electrons. The molecular formula is C24H18ClF2NO6. The van der Waals surface area contributed by atoms with E-state index in [0.29, 0.717) is 5.76 Å². The number of nitrogens with zero attached hydrogens (tertiary/aromatic N) is 1. The van der Waals surface area contributed by atoms with Crippen molar-refractivity contribution in [3.63, 3.8) is 0 Å². The number of anilines is 1. The lowest BCUT2D eigenvalue weighted by Gasteiger charge is -2.24. The van der Waals surface area contributed by atoms with E-state index in [1.165, 1.54) is 32.4 Å². The molecule has 2 heterocycles. The Kier molecular flexibility index (Phi) is 6.05. The predicted octanol–water partition coefficient (Wildman–Crippen LogP) is 5.16. The molecule has 0 saturated carbocycles. The zero-order valence-corrected chi connectivity index (χ0v) is 18.9. The Bertz CT molecular complexity index is 1350. The van der Waals surface area contributed by atoms with E-state index in [1.807, 2.05) is 0 Å². The van der Waals surface area contributed by atoms with Gasteiger partial charge in [0.1, 0.15) is 46.5 Å². The van der Waals surface area contributed by atoms with Crippen molar-refractivity contribution in [1.29, 1.82) is 0 Å². The topological polar surface area (TPSA) is 89.2 Å². The first kappa shape index (κ1) is 23.3. The number of ether oxygens (including phenoxy) is 2. The molecule has 4 rings (SSSR count). The van der Waals surface area contributed by atoms with Crippen LogP contribution in [0.2, 0.25) is 5.02 Å². The zero-order valence-electron chi connectivity index (χ0n) is 18.2. The number of hydrogen-bond donors (Lipinski definition) is 1. The number of aliphatic hydroxyl groups excluding tert-OH is 1. The Hall–Kier alpha value is -3.85. The molecule has 0 aliphatic carbocycles. The molecule has 1 atom stereocenters. The van der Waals surface area contributed by atoms with Crippen LogP contribution in [0.4, 0.5) is 14.5 Å². The molecule has 34 heavy (non-hydrogen) atoms. The second-order valence-electron chi connectivity index (χ2n) is 7.40. The first-order chi connectivity index (χ1) is 16.2. The maximum absolute atomic E-state index is 14.7. The number of furan rings is 1. The van der Waals surface area contributed by atoms with Crippen molar-refractivity contribution >= 4 is 34.7 Å². The van der Waals surface area contributed by atoms with Crippen molar-refractivity contribution in [2.24, 2.45) is 0 Å². The third-order valence-electron chi connectivity index (χ3n) is 5.37. The number of hydrogen-bond acceptors (Lipinski definition) is 6. The Morgan fingerprint density at radius 2 is 1.76 bits per heavy atom. The van der Waals surface area contributed by atoms with E-state index in [2.05, 4.69) is 0 Å². The Balaban J connectivity index is 2.02. The van der Waals surface area contributed by atoms with Crippen LogP contribution in [0, 0.1) is 18.6 Å². The summed E-state index contributed by atoms with van der Waals surface area (Å²) in [6, 6.07) is 6.85. The van der Waals surface area contributed by atoms with Crippen molar-refractivity contribution in [3.05, 3.63) is 81.8 Å². The maximum atomic E-state index is 14.7. The van der Waals surface area contributed by atoms with Crippen LogP contribution in [0.5, 0.6) is 11.5 Å². The molecular weight excluding hydrogens is 472 g/mol. The van der Waals surface area contributed by atoms with Gasteiger partial charge in [0.05, 0.1) is 36.1 Å². The average molecular weight is 490 g/mol. The van der Waals surface area contributed by atoms with E-state index in [4.69, 9.17) is 25.5 Å². The molecule has 1 aliphatic heterocycles. The second kappa shape index (κ2) is 8.83. The fourth-order valence-corrected chi connectivity index (χ4v) is 4.04. The van der Waals surface area contributed by atoms with E-state index >= 15 is 0 Å². The van der Waals surface area contributed by atoms with Crippen LogP contribution in [-0.2, 0) is 9.59 Å². The number of aryl methyl sites for hydroxylation is 1. The second-order valence-corrected chi connectivity index (χ2v) is 7.81. The number of benzene rings is 2. The number of carbonyl (C=O) groups is 2. The standard InChI is InChI=1S/C24H18ClF2NO6/c1-11-4-7-17(34-11)21-20(22(29)13-9-19(33-3)14(25)10-18(13)32-2)23(30)24(31)28(21)16-8-12(26)5-6-15(16)27/h4-10,21,29H,1-3H3/b22-20+. The molecule has 1 fully saturated rings. The Morgan fingerprint density at radius 3 is 2.38 bits per heavy atom. The molecule has 1 saturated heterocycles. The minimum Gasteiger partial charge on any atom is -0.507 e. The first-order valence-corrected chi connectivity index (χ1v) is 10.3. The Labute approximate surface area is 197 Å². The highest BCUT2D eigenvalue weighted by molar-refractivity contribution is 6.51. The van der Waals surface area contributed by atoms with Crippen molar-refractivity contribution in [1.82, 2.24) is 0 Å². The van der Waals surface area contributed by atoms with E-state index < -0.39 is 46.4 Å². The summed E-state index contributed by atoms with van der Waals surface area (Å²) >= 11 is 6.14. The summed E-state index contributed by atoms with van der Waals surface area (Å²) in [5.41, 5.74) is -0.902. The van der Waals surface area contributed by atoms with Gasteiger partial charge in [-0.05, 0) is 37.3 Å². The maximum Gasteiger partial charge on any atom is 0.300 e. The quantitative estimate of drug-likeness (QED) is 0.302. The molecule has 0 radical (unpaired) electrons. The van der Waals surface area contributed by atoms with E-state index in [1.54, 1.807) is 13.0 Å². The molecule has 1 amide bonds. The number of rotatable bonds is 5. The SMILES string of the molecule is COc1cc(/C(O)=C2\C(=O)C(=O)N(c3cc(F)ccc3F)C2c2ccc(C)o2)c(OC)cc1Cl. The van der Waals surface area contributed by atoms with Gasteiger partial charge in [-0.1, -0.05) is 11.6 Å². The zero-order chi connectivity index (χ0) is 24.7.